The highest BCUT2D eigenvalue weighted by Crippen LogP contribution is 2.02. The summed E-state index contributed by atoms with van der Waals surface area (Å²) >= 11 is 0. The third-order valence-corrected chi connectivity index (χ3v) is 3.75. The molecular formula is C25H34O5. The Morgan fingerprint density at radius 3 is 1.63 bits per heavy atom. The van der Waals surface area contributed by atoms with Crippen LogP contribution < -0.4 is 0 Å². The molecule has 30 heavy (non-hydrogen) atoms. The minimum absolute atomic E-state index is 0.0490. The van der Waals surface area contributed by atoms with E-state index in [0.717, 1.165) is 32.1 Å². The van der Waals surface area contributed by atoms with Gasteiger partial charge in [-0.2, -0.15) is 0 Å². The minimum Gasteiger partial charge on any atom is -0.387 e. The normalized spacial score (nSPS) is 12.1. The Bertz CT molecular complexity index is 678. The summed E-state index contributed by atoms with van der Waals surface area (Å²) in [7, 11) is 0. The number of rotatable bonds is 16. The smallest absolute Gasteiger partial charge is 0.382 e. The Labute approximate surface area is 180 Å². The Hall–Kier alpha value is -2.82. The van der Waals surface area contributed by atoms with Gasteiger partial charge in [0.15, 0.2) is 0 Å². The van der Waals surface area contributed by atoms with Crippen LogP contribution in [0.1, 0.15) is 71.6 Å². The molecule has 0 spiro atoms. The number of ether oxygens (including phenoxy) is 1. The predicted octanol–water partition coefficient (Wildman–Crippen LogP) is 5.53. The summed E-state index contributed by atoms with van der Waals surface area (Å²) in [4.78, 5) is 44.8. The number of hydrogen-bond acceptors (Lipinski definition) is 5. The number of Topliss-reactive ketones (excluding diaryl/α,β-unsaturated/α-hetero) is 2. The molecule has 0 aromatic heterocycles. The van der Waals surface area contributed by atoms with Crippen molar-refractivity contribution in [2.24, 2.45) is 0 Å². The van der Waals surface area contributed by atoms with Crippen LogP contribution in [0.2, 0.25) is 0 Å². The summed E-state index contributed by atoms with van der Waals surface area (Å²) in [6.07, 6.45) is 26.6. The molecule has 5 nitrogen and oxygen atoms in total. The third-order valence-electron chi connectivity index (χ3n) is 3.75. The lowest BCUT2D eigenvalue weighted by molar-refractivity contribution is -0.164. The van der Waals surface area contributed by atoms with Gasteiger partial charge in [-0.3, -0.25) is 14.4 Å². The standard InChI is InChI=1S/C25H34O5/c1-3-4-5-6-7-8-9-10-11-12-13-14-15-16-17-18-19-20-24(28)30-25(29)23(27)21-22(2)26/h4-5,7-8,10-11,13-14,16-17H,3,6,9,12,15,18-21H2,1-2H3/b5-4-,8-7-,11-10-,14-13-,17-16-. The second-order valence-corrected chi connectivity index (χ2v) is 6.66. The first kappa shape index (κ1) is 27.2. The van der Waals surface area contributed by atoms with Gasteiger partial charge in [0.25, 0.3) is 0 Å². The first-order valence-corrected chi connectivity index (χ1v) is 10.5. The molecule has 0 unspecified atom stereocenters. The van der Waals surface area contributed by atoms with Gasteiger partial charge < -0.3 is 4.74 Å². The van der Waals surface area contributed by atoms with Crippen molar-refractivity contribution in [3.8, 4) is 0 Å². The van der Waals surface area contributed by atoms with E-state index in [1.54, 1.807) is 0 Å². The molecule has 0 bridgehead atoms. The molecule has 0 aliphatic rings. The van der Waals surface area contributed by atoms with Gasteiger partial charge in [-0.05, 0) is 51.9 Å². The molecule has 0 radical (unpaired) electrons. The first-order valence-electron chi connectivity index (χ1n) is 10.5. The number of unbranched alkanes of at least 4 members (excludes halogenated alkanes) is 1. The van der Waals surface area contributed by atoms with Gasteiger partial charge >= 0.3 is 11.9 Å². The molecule has 0 heterocycles. The lowest BCUT2D eigenvalue weighted by Crippen LogP contribution is -2.22. The van der Waals surface area contributed by atoms with Crippen LogP contribution in [0.3, 0.4) is 0 Å². The number of allylic oxidation sites excluding steroid dienone is 10. The Morgan fingerprint density at radius 2 is 1.17 bits per heavy atom. The first-order chi connectivity index (χ1) is 14.5. The van der Waals surface area contributed by atoms with E-state index in [9.17, 15) is 19.2 Å². The van der Waals surface area contributed by atoms with Crippen LogP contribution in [-0.2, 0) is 23.9 Å². The number of ketones is 2. The second kappa shape index (κ2) is 19.5. The van der Waals surface area contributed by atoms with Crippen molar-refractivity contribution in [1.82, 2.24) is 0 Å². The maximum Gasteiger partial charge on any atom is 0.382 e. The molecular weight excluding hydrogens is 380 g/mol. The highest BCUT2D eigenvalue weighted by molar-refractivity contribution is 6.38. The van der Waals surface area contributed by atoms with Crippen LogP contribution in [0.4, 0.5) is 0 Å². The van der Waals surface area contributed by atoms with Gasteiger partial charge in [-0.15, -0.1) is 0 Å². The number of carbonyl (C=O) groups is 4. The highest BCUT2D eigenvalue weighted by atomic mass is 16.6. The monoisotopic (exact) mass is 414 g/mol. The van der Waals surface area contributed by atoms with Gasteiger partial charge in [0, 0.05) is 6.42 Å². The quantitative estimate of drug-likeness (QED) is 0.109. The number of hydrogen-bond donors (Lipinski definition) is 0. The van der Waals surface area contributed by atoms with E-state index in [1.807, 2.05) is 12.2 Å². The van der Waals surface area contributed by atoms with E-state index in [1.165, 1.54) is 6.92 Å². The summed E-state index contributed by atoms with van der Waals surface area (Å²) in [5.74, 6) is -3.44. The fourth-order valence-corrected chi connectivity index (χ4v) is 2.24. The fourth-order valence-electron chi connectivity index (χ4n) is 2.24. The molecule has 0 aromatic carbocycles. The van der Waals surface area contributed by atoms with Crippen molar-refractivity contribution in [3.05, 3.63) is 60.8 Å². The van der Waals surface area contributed by atoms with E-state index in [-0.39, 0.29) is 6.42 Å². The van der Waals surface area contributed by atoms with Gasteiger partial charge in [0.2, 0.25) is 5.78 Å². The van der Waals surface area contributed by atoms with E-state index >= 15 is 0 Å². The molecule has 0 rings (SSSR count). The average molecular weight is 415 g/mol. The molecule has 0 aliphatic heterocycles. The molecule has 0 saturated carbocycles. The fraction of sp³-hybridized carbons (Fsp3) is 0.440. The SMILES string of the molecule is CC/C=C\C/C=C\C/C=C\C/C=C\C/C=C\CCCC(=O)OC(=O)C(=O)CC(C)=O. The summed E-state index contributed by atoms with van der Waals surface area (Å²) in [5, 5.41) is 0. The number of carbonyl (C=O) groups excluding carboxylic acids is 4. The second-order valence-electron chi connectivity index (χ2n) is 6.66. The molecule has 0 aromatic rings. The zero-order valence-electron chi connectivity index (χ0n) is 18.2. The van der Waals surface area contributed by atoms with E-state index < -0.39 is 29.9 Å². The third kappa shape index (κ3) is 18.5. The molecule has 164 valence electrons. The zero-order chi connectivity index (χ0) is 22.5. The topological polar surface area (TPSA) is 77.5 Å². The highest BCUT2D eigenvalue weighted by Gasteiger charge is 2.20. The van der Waals surface area contributed by atoms with Crippen LogP contribution in [0.5, 0.6) is 0 Å². The van der Waals surface area contributed by atoms with Crippen molar-refractivity contribution >= 4 is 23.5 Å². The van der Waals surface area contributed by atoms with E-state index in [2.05, 4.69) is 60.3 Å². The number of esters is 2. The lowest BCUT2D eigenvalue weighted by atomic mass is 10.2. The summed E-state index contributed by atoms with van der Waals surface area (Å²) in [6, 6.07) is 0. The molecule has 0 saturated heterocycles. The zero-order valence-corrected chi connectivity index (χ0v) is 18.2. The molecule has 0 atom stereocenters. The summed E-state index contributed by atoms with van der Waals surface area (Å²) in [6.45, 7) is 3.32. The van der Waals surface area contributed by atoms with Crippen molar-refractivity contribution in [2.75, 3.05) is 0 Å². The minimum atomic E-state index is -1.26. The molecule has 0 N–H and O–H groups in total. The maximum absolute atomic E-state index is 11.5. The van der Waals surface area contributed by atoms with Crippen LogP contribution in [0.15, 0.2) is 60.8 Å². The van der Waals surface area contributed by atoms with Crippen molar-refractivity contribution in [3.63, 3.8) is 0 Å². The average Bonchev–Trinajstić information content (AvgIpc) is 2.69. The van der Waals surface area contributed by atoms with Gasteiger partial charge in [0.1, 0.15) is 5.78 Å². The predicted molar refractivity (Wildman–Crippen MR) is 120 cm³/mol. The van der Waals surface area contributed by atoms with Crippen molar-refractivity contribution in [1.29, 1.82) is 0 Å². The van der Waals surface area contributed by atoms with Crippen molar-refractivity contribution < 1.29 is 23.9 Å². The molecule has 0 aliphatic carbocycles. The Morgan fingerprint density at radius 1 is 0.700 bits per heavy atom. The maximum atomic E-state index is 11.5. The van der Waals surface area contributed by atoms with Crippen molar-refractivity contribution in [2.45, 2.75) is 71.6 Å². The van der Waals surface area contributed by atoms with Crippen LogP contribution in [-0.4, -0.2) is 23.5 Å². The lowest BCUT2D eigenvalue weighted by Gasteiger charge is -2.00. The van der Waals surface area contributed by atoms with Crippen LogP contribution in [0, 0.1) is 0 Å². The van der Waals surface area contributed by atoms with Crippen LogP contribution in [0.25, 0.3) is 0 Å². The molecule has 0 amide bonds. The van der Waals surface area contributed by atoms with Gasteiger partial charge in [-0.1, -0.05) is 67.7 Å². The Kier molecular flexibility index (Phi) is 17.7. The van der Waals surface area contributed by atoms with E-state index in [0.29, 0.717) is 12.8 Å². The van der Waals surface area contributed by atoms with Gasteiger partial charge in [-0.25, -0.2) is 4.79 Å². The summed E-state index contributed by atoms with van der Waals surface area (Å²) < 4.78 is 4.41. The largest absolute Gasteiger partial charge is 0.387 e. The van der Waals surface area contributed by atoms with E-state index in [4.69, 9.17) is 0 Å². The summed E-state index contributed by atoms with van der Waals surface area (Å²) in [5.41, 5.74) is 0. The van der Waals surface area contributed by atoms with Crippen LogP contribution >= 0.6 is 0 Å². The Balaban J connectivity index is 3.72. The van der Waals surface area contributed by atoms with Gasteiger partial charge in [0.05, 0.1) is 6.42 Å². The molecule has 0 fully saturated rings. The molecule has 5 heteroatoms.